The second-order valence-corrected chi connectivity index (χ2v) is 3.94. The van der Waals surface area contributed by atoms with E-state index >= 15 is 0 Å². The molecule has 1 N–H and O–H groups in total. The average molecular weight is 233 g/mol. The molecule has 0 atom stereocenters. The van der Waals surface area contributed by atoms with Crippen LogP contribution in [-0.4, -0.2) is 9.55 Å². The van der Waals surface area contributed by atoms with Crippen LogP contribution in [0.3, 0.4) is 0 Å². The third-order valence-electron chi connectivity index (χ3n) is 2.56. The maximum Gasteiger partial charge on any atom is 0.125 e. The Bertz CT molecular complexity index is 479. The van der Waals surface area contributed by atoms with Crippen LogP contribution in [0, 0.1) is 5.82 Å². The first-order valence-electron chi connectivity index (χ1n) is 5.78. The minimum atomic E-state index is -0.225. The van der Waals surface area contributed by atoms with Crippen molar-refractivity contribution in [3.63, 3.8) is 0 Å². The molecule has 0 aliphatic rings. The van der Waals surface area contributed by atoms with Gasteiger partial charge in [0.05, 0.1) is 18.6 Å². The zero-order valence-electron chi connectivity index (χ0n) is 9.86. The maximum absolute atomic E-state index is 13.0. The molecule has 0 unspecified atom stereocenters. The molecule has 0 saturated heterocycles. The molecule has 4 heteroatoms. The van der Waals surface area contributed by atoms with Crippen molar-refractivity contribution in [1.29, 1.82) is 0 Å². The molecule has 0 radical (unpaired) electrons. The molecule has 0 saturated carbocycles. The molecule has 1 aromatic carbocycles. The number of halogens is 1. The van der Waals surface area contributed by atoms with Gasteiger partial charge in [0.1, 0.15) is 5.82 Å². The number of imidazole rings is 1. The molecule has 3 nitrogen and oxygen atoms in total. The van der Waals surface area contributed by atoms with Crippen molar-refractivity contribution in [2.24, 2.45) is 0 Å². The molecule has 0 bridgehead atoms. The zero-order chi connectivity index (χ0) is 12.1. The highest BCUT2D eigenvalue weighted by molar-refractivity contribution is 5.43. The number of anilines is 1. The standard InChI is InChI=1S/C13H16FN3/c1-2-6-17-10-15-8-13(17)9-16-12-5-3-4-11(14)7-12/h3-5,7-8,10,16H,2,6,9H2,1H3. The van der Waals surface area contributed by atoms with E-state index in [0.29, 0.717) is 6.54 Å². The molecule has 17 heavy (non-hydrogen) atoms. The van der Waals surface area contributed by atoms with Gasteiger partial charge in [0.15, 0.2) is 0 Å². The Morgan fingerprint density at radius 1 is 1.41 bits per heavy atom. The number of nitrogens with zero attached hydrogens (tertiary/aromatic N) is 2. The van der Waals surface area contributed by atoms with Gasteiger partial charge in [-0.25, -0.2) is 9.37 Å². The maximum atomic E-state index is 13.0. The number of hydrogen-bond acceptors (Lipinski definition) is 2. The van der Waals surface area contributed by atoms with Gasteiger partial charge in [0.25, 0.3) is 0 Å². The first kappa shape index (κ1) is 11.6. The fourth-order valence-corrected chi connectivity index (χ4v) is 1.73. The van der Waals surface area contributed by atoms with E-state index in [1.54, 1.807) is 6.07 Å². The molecule has 0 aliphatic heterocycles. The number of hydrogen-bond donors (Lipinski definition) is 1. The van der Waals surface area contributed by atoms with E-state index in [1.807, 2.05) is 18.6 Å². The molecule has 0 spiro atoms. The molecule has 2 rings (SSSR count). The summed E-state index contributed by atoms with van der Waals surface area (Å²) in [6, 6.07) is 6.47. The summed E-state index contributed by atoms with van der Waals surface area (Å²) >= 11 is 0. The summed E-state index contributed by atoms with van der Waals surface area (Å²) in [6.07, 6.45) is 4.73. The van der Waals surface area contributed by atoms with Gasteiger partial charge in [-0.05, 0) is 24.6 Å². The van der Waals surface area contributed by atoms with Crippen LogP contribution in [-0.2, 0) is 13.1 Å². The van der Waals surface area contributed by atoms with E-state index in [0.717, 1.165) is 24.3 Å². The molecule has 1 heterocycles. The lowest BCUT2D eigenvalue weighted by Crippen LogP contribution is -2.06. The van der Waals surface area contributed by atoms with E-state index in [2.05, 4.69) is 21.8 Å². The minimum absolute atomic E-state index is 0.225. The molecule has 0 fully saturated rings. The normalized spacial score (nSPS) is 10.5. The van der Waals surface area contributed by atoms with Crippen molar-refractivity contribution in [2.45, 2.75) is 26.4 Å². The van der Waals surface area contributed by atoms with E-state index in [-0.39, 0.29) is 5.82 Å². The van der Waals surface area contributed by atoms with Crippen LogP contribution in [0.1, 0.15) is 19.0 Å². The average Bonchev–Trinajstić information content (AvgIpc) is 2.75. The first-order valence-corrected chi connectivity index (χ1v) is 5.78. The second-order valence-electron chi connectivity index (χ2n) is 3.94. The molecule has 2 aromatic rings. The predicted octanol–water partition coefficient (Wildman–Crippen LogP) is 3.04. The summed E-state index contributed by atoms with van der Waals surface area (Å²) in [5, 5.41) is 3.19. The Balaban J connectivity index is 1.99. The van der Waals surface area contributed by atoms with Gasteiger partial charge < -0.3 is 9.88 Å². The van der Waals surface area contributed by atoms with Gasteiger partial charge in [-0.15, -0.1) is 0 Å². The Labute approximate surface area is 100 Å². The van der Waals surface area contributed by atoms with Gasteiger partial charge in [0, 0.05) is 18.4 Å². The summed E-state index contributed by atoms with van der Waals surface area (Å²) < 4.78 is 15.1. The summed E-state index contributed by atoms with van der Waals surface area (Å²) in [7, 11) is 0. The number of aryl methyl sites for hydroxylation is 1. The quantitative estimate of drug-likeness (QED) is 0.860. The van der Waals surface area contributed by atoms with E-state index in [1.165, 1.54) is 12.1 Å². The summed E-state index contributed by atoms with van der Waals surface area (Å²) in [5.41, 5.74) is 1.89. The highest BCUT2D eigenvalue weighted by Gasteiger charge is 2.01. The molecule has 0 amide bonds. The smallest absolute Gasteiger partial charge is 0.125 e. The lowest BCUT2D eigenvalue weighted by Gasteiger charge is -2.09. The Morgan fingerprint density at radius 3 is 3.06 bits per heavy atom. The minimum Gasteiger partial charge on any atom is -0.379 e. The fourth-order valence-electron chi connectivity index (χ4n) is 1.73. The van der Waals surface area contributed by atoms with Gasteiger partial charge >= 0.3 is 0 Å². The van der Waals surface area contributed by atoms with Crippen LogP contribution in [0.25, 0.3) is 0 Å². The number of benzene rings is 1. The Hall–Kier alpha value is -1.84. The van der Waals surface area contributed by atoms with Crippen molar-refractivity contribution in [1.82, 2.24) is 9.55 Å². The SMILES string of the molecule is CCCn1cncc1CNc1cccc(F)c1. The van der Waals surface area contributed by atoms with Crippen LogP contribution in [0.15, 0.2) is 36.8 Å². The highest BCUT2D eigenvalue weighted by atomic mass is 19.1. The zero-order valence-corrected chi connectivity index (χ0v) is 9.86. The third-order valence-corrected chi connectivity index (χ3v) is 2.56. The molecular weight excluding hydrogens is 217 g/mol. The van der Waals surface area contributed by atoms with Crippen molar-refractivity contribution >= 4 is 5.69 Å². The van der Waals surface area contributed by atoms with Crippen LogP contribution in [0.5, 0.6) is 0 Å². The summed E-state index contributed by atoms with van der Waals surface area (Å²) in [4.78, 5) is 4.12. The van der Waals surface area contributed by atoms with Crippen molar-refractivity contribution < 1.29 is 4.39 Å². The van der Waals surface area contributed by atoms with Gasteiger partial charge in [0.2, 0.25) is 0 Å². The monoisotopic (exact) mass is 233 g/mol. The molecule has 1 aromatic heterocycles. The van der Waals surface area contributed by atoms with Crippen molar-refractivity contribution in [2.75, 3.05) is 5.32 Å². The van der Waals surface area contributed by atoms with Crippen LogP contribution in [0.4, 0.5) is 10.1 Å². The third kappa shape index (κ3) is 3.06. The van der Waals surface area contributed by atoms with Gasteiger partial charge in [-0.1, -0.05) is 13.0 Å². The number of rotatable bonds is 5. The fraction of sp³-hybridized carbons (Fsp3) is 0.308. The number of aromatic nitrogens is 2. The Morgan fingerprint density at radius 2 is 2.29 bits per heavy atom. The summed E-state index contributed by atoms with van der Waals surface area (Å²) in [6.45, 7) is 3.74. The number of nitrogens with one attached hydrogen (secondary N) is 1. The lowest BCUT2D eigenvalue weighted by atomic mass is 10.3. The predicted molar refractivity (Wildman–Crippen MR) is 66.2 cm³/mol. The lowest BCUT2D eigenvalue weighted by molar-refractivity contribution is 0.628. The first-order chi connectivity index (χ1) is 8.29. The highest BCUT2D eigenvalue weighted by Crippen LogP contribution is 2.11. The van der Waals surface area contributed by atoms with Gasteiger partial charge in [-0.2, -0.15) is 0 Å². The van der Waals surface area contributed by atoms with E-state index in [4.69, 9.17) is 0 Å². The second kappa shape index (κ2) is 5.48. The Kier molecular flexibility index (Phi) is 3.75. The van der Waals surface area contributed by atoms with E-state index in [9.17, 15) is 4.39 Å². The topological polar surface area (TPSA) is 29.9 Å². The van der Waals surface area contributed by atoms with Crippen molar-refractivity contribution in [3.8, 4) is 0 Å². The van der Waals surface area contributed by atoms with Crippen LogP contribution >= 0.6 is 0 Å². The van der Waals surface area contributed by atoms with Crippen LogP contribution in [0.2, 0.25) is 0 Å². The van der Waals surface area contributed by atoms with Crippen LogP contribution < -0.4 is 5.32 Å². The summed E-state index contributed by atoms with van der Waals surface area (Å²) in [5.74, 6) is -0.225. The molecule has 0 aliphatic carbocycles. The van der Waals surface area contributed by atoms with Gasteiger partial charge in [-0.3, -0.25) is 0 Å². The van der Waals surface area contributed by atoms with Crippen molar-refractivity contribution in [3.05, 3.63) is 48.3 Å². The van der Waals surface area contributed by atoms with E-state index < -0.39 is 0 Å². The largest absolute Gasteiger partial charge is 0.379 e. The molecular formula is C13H16FN3. The molecule has 90 valence electrons.